The van der Waals surface area contributed by atoms with Gasteiger partial charge >= 0.3 is 0 Å². The predicted molar refractivity (Wildman–Crippen MR) is 89.9 cm³/mol. The van der Waals surface area contributed by atoms with Gasteiger partial charge in [-0.2, -0.15) is 0 Å². The van der Waals surface area contributed by atoms with E-state index >= 15 is 0 Å². The van der Waals surface area contributed by atoms with Crippen molar-refractivity contribution in [2.45, 2.75) is 13.3 Å². The first kappa shape index (κ1) is 16.7. The first-order valence-electron chi connectivity index (χ1n) is 6.94. The Kier molecular flexibility index (Phi) is 5.48. The van der Waals surface area contributed by atoms with Crippen molar-refractivity contribution in [1.29, 1.82) is 0 Å². The minimum absolute atomic E-state index is 0.185. The van der Waals surface area contributed by atoms with E-state index in [1.165, 1.54) is 24.6 Å². The fourth-order valence-corrected chi connectivity index (χ4v) is 3.02. The molecule has 1 aromatic carbocycles. The normalized spacial score (nSPS) is 10.7. The summed E-state index contributed by atoms with van der Waals surface area (Å²) in [7, 11) is 1.51. The Morgan fingerprint density at radius 3 is 2.78 bits per heavy atom. The molecule has 1 N–H and O–H groups in total. The highest BCUT2D eigenvalue weighted by Crippen LogP contribution is 2.32. The molecule has 0 unspecified atom stereocenters. The number of carbonyl (C=O) groups excluding carboxylic acids is 1. The summed E-state index contributed by atoms with van der Waals surface area (Å²) in [6.07, 6.45) is 2.78. The molecular weight excluding hydrogens is 316 g/mol. The number of anilines is 1. The number of para-hydroxylation sites is 1. The number of hydrogen-bond acceptors (Lipinski definition) is 6. The van der Waals surface area contributed by atoms with Crippen molar-refractivity contribution in [1.82, 2.24) is 0 Å². The van der Waals surface area contributed by atoms with E-state index in [4.69, 9.17) is 4.74 Å². The Bertz CT molecular complexity index is 752. The number of ether oxygens (including phenoxy) is 1. The highest BCUT2D eigenvalue weighted by atomic mass is 32.1. The van der Waals surface area contributed by atoms with Crippen molar-refractivity contribution in [3.63, 3.8) is 0 Å². The maximum Gasteiger partial charge on any atom is 0.250 e. The predicted octanol–water partition coefficient (Wildman–Crippen LogP) is 3.71. The van der Waals surface area contributed by atoms with Gasteiger partial charge in [0.1, 0.15) is 10.8 Å². The summed E-state index contributed by atoms with van der Waals surface area (Å²) in [6, 6.07) is 8.78. The van der Waals surface area contributed by atoms with E-state index in [2.05, 4.69) is 5.32 Å². The fourth-order valence-electron chi connectivity index (χ4n) is 2.04. The number of aryl methyl sites for hydroxylation is 1. The van der Waals surface area contributed by atoms with E-state index in [1.807, 2.05) is 13.0 Å². The van der Waals surface area contributed by atoms with Gasteiger partial charge in [0.2, 0.25) is 6.20 Å². The van der Waals surface area contributed by atoms with Gasteiger partial charge in [0.05, 0.1) is 29.4 Å². The van der Waals surface area contributed by atoms with Crippen LogP contribution in [0.25, 0.3) is 0 Å². The second kappa shape index (κ2) is 7.55. The lowest BCUT2D eigenvalue weighted by Gasteiger charge is -2.07. The van der Waals surface area contributed by atoms with Gasteiger partial charge in [-0.15, -0.1) is 11.3 Å². The summed E-state index contributed by atoms with van der Waals surface area (Å²) in [5, 5.41) is 13.8. The van der Waals surface area contributed by atoms with Gasteiger partial charge in [0.15, 0.2) is 5.78 Å². The van der Waals surface area contributed by atoms with Gasteiger partial charge in [-0.1, -0.05) is 19.1 Å². The molecular formula is C16H16N2O4S. The molecule has 6 nitrogen and oxygen atoms in total. The van der Waals surface area contributed by atoms with Crippen LogP contribution in [0, 0.1) is 10.1 Å². The lowest BCUT2D eigenvalue weighted by molar-refractivity contribution is -0.402. The lowest BCUT2D eigenvalue weighted by atomic mass is 10.0. The molecule has 1 aromatic heterocycles. The topological polar surface area (TPSA) is 81.5 Å². The summed E-state index contributed by atoms with van der Waals surface area (Å²) >= 11 is 1.40. The molecule has 23 heavy (non-hydrogen) atoms. The molecule has 1 heterocycles. The van der Waals surface area contributed by atoms with Crippen molar-refractivity contribution in [2.24, 2.45) is 0 Å². The number of hydrogen-bond donors (Lipinski definition) is 1. The summed E-state index contributed by atoms with van der Waals surface area (Å²) in [5.41, 5.74) is 0.932. The van der Waals surface area contributed by atoms with Crippen LogP contribution in [0.3, 0.4) is 0 Å². The first-order chi connectivity index (χ1) is 11.1. The zero-order valence-electron chi connectivity index (χ0n) is 12.7. The molecule has 0 fully saturated rings. The SMILES string of the molecule is CCc1cc(C(=O)c2ccccc2OC)c(NC=C[N+](=O)[O-])s1. The van der Waals surface area contributed by atoms with Crippen LogP contribution in [0.1, 0.15) is 27.7 Å². The largest absolute Gasteiger partial charge is 0.496 e. The molecule has 0 aliphatic heterocycles. The quantitative estimate of drug-likeness (QED) is 0.475. The smallest absolute Gasteiger partial charge is 0.250 e. The third-order valence-corrected chi connectivity index (χ3v) is 4.35. The van der Waals surface area contributed by atoms with E-state index in [0.29, 0.717) is 21.9 Å². The van der Waals surface area contributed by atoms with Crippen molar-refractivity contribution in [3.8, 4) is 5.75 Å². The molecule has 0 radical (unpaired) electrons. The van der Waals surface area contributed by atoms with E-state index in [1.54, 1.807) is 24.3 Å². The number of benzene rings is 1. The molecule has 0 aliphatic rings. The molecule has 2 aromatic rings. The molecule has 0 bridgehead atoms. The molecule has 0 saturated heterocycles. The van der Waals surface area contributed by atoms with Gasteiger partial charge < -0.3 is 10.1 Å². The van der Waals surface area contributed by atoms with Crippen LogP contribution < -0.4 is 10.1 Å². The van der Waals surface area contributed by atoms with Crippen LogP contribution in [0.4, 0.5) is 5.00 Å². The number of carbonyl (C=O) groups is 1. The maximum atomic E-state index is 12.8. The van der Waals surface area contributed by atoms with Crippen LogP contribution >= 0.6 is 11.3 Å². The minimum Gasteiger partial charge on any atom is -0.496 e. The average Bonchev–Trinajstić information content (AvgIpc) is 2.97. The molecule has 0 aliphatic carbocycles. The lowest BCUT2D eigenvalue weighted by Crippen LogP contribution is -2.05. The maximum absolute atomic E-state index is 12.8. The number of rotatable bonds is 7. The summed E-state index contributed by atoms with van der Waals surface area (Å²) in [6.45, 7) is 1.99. The Labute approximate surface area is 137 Å². The van der Waals surface area contributed by atoms with Crippen molar-refractivity contribution in [2.75, 3.05) is 12.4 Å². The molecule has 120 valence electrons. The van der Waals surface area contributed by atoms with Crippen molar-refractivity contribution in [3.05, 3.63) is 68.9 Å². The number of thiophene rings is 1. The molecule has 0 amide bonds. The zero-order chi connectivity index (χ0) is 16.8. The standard InChI is InChI=1S/C16H16N2O4S/c1-3-11-10-13(16(23-11)17-8-9-18(20)21)15(19)12-6-4-5-7-14(12)22-2/h4-10,17H,3H2,1-2H3. The molecule has 0 atom stereocenters. The third-order valence-electron chi connectivity index (χ3n) is 3.14. The third kappa shape index (κ3) is 3.95. The Morgan fingerprint density at radius 2 is 2.13 bits per heavy atom. The fraction of sp³-hybridized carbons (Fsp3) is 0.188. The van der Waals surface area contributed by atoms with Crippen molar-refractivity contribution >= 4 is 22.1 Å². The highest BCUT2D eigenvalue weighted by molar-refractivity contribution is 7.16. The first-order valence-corrected chi connectivity index (χ1v) is 7.75. The number of methoxy groups -OCH3 is 1. The summed E-state index contributed by atoms with van der Waals surface area (Å²) in [4.78, 5) is 23.6. The van der Waals surface area contributed by atoms with E-state index in [0.717, 1.165) is 17.5 Å². The molecule has 0 spiro atoms. The van der Waals surface area contributed by atoms with E-state index in [-0.39, 0.29) is 5.78 Å². The summed E-state index contributed by atoms with van der Waals surface area (Å²) < 4.78 is 5.23. The number of ketones is 1. The number of nitrogens with one attached hydrogen (secondary N) is 1. The Hall–Kier alpha value is -2.67. The minimum atomic E-state index is -0.566. The highest BCUT2D eigenvalue weighted by Gasteiger charge is 2.20. The van der Waals surface area contributed by atoms with Gasteiger partial charge in [0, 0.05) is 4.88 Å². The second-order valence-corrected chi connectivity index (χ2v) is 5.72. The average molecular weight is 332 g/mol. The Morgan fingerprint density at radius 1 is 1.39 bits per heavy atom. The van der Waals surface area contributed by atoms with Crippen molar-refractivity contribution < 1.29 is 14.5 Å². The van der Waals surface area contributed by atoms with Gasteiger partial charge in [-0.3, -0.25) is 14.9 Å². The second-order valence-electron chi connectivity index (χ2n) is 4.58. The molecule has 0 saturated carbocycles. The van der Waals surface area contributed by atoms with Crippen LogP contribution in [-0.4, -0.2) is 17.8 Å². The van der Waals surface area contributed by atoms with Crippen LogP contribution in [0.15, 0.2) is 42.7 Å². The zero-order valence-corrected chi connectivity index (χ0v) is 13.6. The Balaban J connectivity index is 2.39. The van der Waals surface area contributed by atoms with Gasteiger partial charge in [-0.05, 0) is 24.6 Å². The van der Waals surface area contributed by atoms with E-state index < -0.39 is 4.92 Å². The molecule has 2 rings (SSSR count). The number of nitrogens with zero attached hydrogens (tertiary/aromatic N) is 1. The van der Waals surface area contributed by atoms with Crippen LogP contribution in [0.5, 0.6) is 5.75 Å². The number of nitro groups is 1. The molecule has 7 heteroatoms. The van der Waals surface area contributed by atoms with Gasteiger partial charge in [-0.25, -0.2) is 0 Å². The van der Waals surface area contributed by atoms with Crippen LogP contribution in [-0.2, 0) is 6.42 Å². The van der Waals surface area contributed by atoms with Gasteiger partial charge in [0.25, 0.3) is 0 Å². The summed E-state index contributed by atoms with van der Waals surface area (Å²) in [5.74, 6) is 0.309. The monoisotopic (exact) mass is 332 g/mol. The van der Waals surface area contributed by atoms with Crippen LogP contribution in [0.2, 0.25) is 0 Å². The van der Waals surface area contributed by atoms with E-state index in [9.17, 15) is 14.9 Å².